The van der Waals surface area contributed by atoms with E-state index in [4.69, 9.17) is 4.74 Å². The van der Waals surface area contributed by atoms with Crippen LogP contribution in [0.25, 0.3) is 0 Å². The Hall–Kier alpha value is -1.80. The van der Waals surface area contributed by atoms with E-state index in [0.29, 0.717) is 6.61 Å². The van der Waals surface area contributed by atoms with E-state index >= 15 is 0 Å². The van der Waals surface area contributed by atoms with Crippen LogP contribution in [0.3, 0.4) is 0 Å². The molecule has 0 fully saturated rings. The lowest BCUT2D eigenvalue weighted by atomic mass is 9.93. The molecule has 2 rings (SSSR count). The molecule has 0 spiro atoms. The Labute approximate surface area is 121 Å². The van der Waals surface area contributed by atoms with Crippen LogP contribution in [0, 0.1) is 20.8 Å². The van der Waals surface area contributed by atoms with Crippen LogP contribution in [0.2, 0.25) is 0 Å². The van der Waals surface area contributed by atoms with Crippen molar-refractivity contribution in [2.24, 2.45) is 0 Å². The van der Waals surface area contributed by atoms with E-state index in [0.717, 1.165) is 28.0 Å². The Kier molecular flexibility index (Phi) is 4.46. The van der Waals surface area contributed by atoms with Gasteiger partial charge >= 0.3 is 0 Å². The van der Waals surface area contributed by atoms with Gasteiger partial charge in [0.2, 0.25) is 0 Å². The van der Waals surface area contributed by atoms with Crippen molar-refractivity contribution < 1.29 is 9.84 Å². The van der Waals surface area contributed by atoms with E-state index in [1.165, 1.54) is 5.56 Å². The first kappa shape index (κ1) is 14.6. The minimum absolute atomic E-state index is 0.593. The van der Waals surface area contributed by atoms with Crippen LogP contribution in [0.15, 0.2) is 36.4 Å². The van der Waals surface area contributed by atoms with Crippen molar-refractivity contribution in [3.05, 3.63) is 64.2 Å². The first-order chi connectivity index (χ1) is 9.54. The molecule has 0 saturated heterocycles. The van der Waals surface area contributed by atoms with Crippen molar-refractivity contribution in [3.8, 4) is 5.75 Å². The van der Waals surface area contributed by atoms with Crippen molar-refractivity contribution in [2.45, 2.75) is 33.8 Å². The fourth-order valence-corrected chi connectivity index (χ4v) is 2.41. The van der Waals surface area contributed by atoms with Crippen molar-refractivity contribution in [2.75, 3.05) is 6.61 Å². The van der Waals surface area contributed by atoms with Crippen LogP contribution in [-0.4, -0.2) is 11.7 Å². The maximum Gasteiger partial charge on any atom is 0.125 e. The fourth-order valence-electron chi connectivity index (χ4n) is 2.41. The molecule has 0 heterocycles. The van der Waals surface area contributed by atoms with E-state index in [9.17, 15) is 5.11 Å². The van der Waals surface area contributed by atoms with Gasteiger partial charge in [-0.3, -0.25) is 0 Å². The minimum atomic E-state index is -0.656. The van der Waals surface area contributed by atoms with Gasteiger partial charge in [0.1, 0.15) is 11.9 Å². The highest BCUT2D eigenvalue weighted by Crippen LogP contribution is 2.33. The second-order valence-electron chi connectivity index (χ2n) is 5.17. The van der Waals surface area contributed by atoms with Gasteiger partial charge in [-0.05, 0) is 56.5 Å². The molecule has 0 saturated carbocycles. The number of hydrogen-bond donors (Lipinski definition) is 1. The highest BCUT2D eigenvalue weighted by Gasteiger charge is 2.18. The van der Waals surface area contributed by atoms with Gasteiger partial charge in [0.25, 0.3) is 0 Å². The minimum Gasteiger partial charge on any atom is -0.493 e. The van der Waals surface area contributed by atoms with Crippen LogP contribution in [0.4, 0.5) is 0 Å². The molecule has 0 bridgehead atoms. The second-order valence-corrected chi connectivity index (χ2v) is 5.17. The van der Waals surface area contributed by atoms with Gasteiger partial charge in [-0.2, -0.15) is 0 Å². The molecule has 2 nitrogen and oxygen atoms in total. The Morgan fingerprint density at radius 3 is 2.50 bits per heavy atom. The summed E-state index contributed by atoms with van der Waals surface area (Å²) in [6, 6.07) is 12.0. The number of hydrogen-bond acceptors (Lipinski definition) is 2. The predicted molar refractivity (Wildman–Crippen MR) is 82.3 cm³/mol. The third-order valence-corrected chi connectivity index (χ3v) is 3.70. The van der Waals surface area contributed by atoms with E-state index in [2.05, 4.69) is 13.0 Å². The van der Waals surface area contributed by atoms with Crippen molar-refractivity contribution in [1.82, 2.24) is 0 Å². The zero-order chi connectivity index (χ0) is 14.7. The van der Waals surface area contributed by atoms with Gasteiger partial charge in [0.05, 0.1) is 6.61 Å². The second kappa shape index (κ2) is 6.10. The SMILES string of the molecule is CCOc1ccc(C)cc1C(O)c1cccc(C)c1C. The molecule has 0 radical (unpaired) electrons. The summed E-state index contributed by atoms with van der Waals surface area (Å²) < 4.78 is 5.64. The quantitative estimate of drug-likeness (QED) is 0.906. The molecule has 0 aliphatic rings. The molecule has 2 aromatic carbocycles. The van der Waals surface area contributed by atoms with Crippen molar-refractivity contribution in [1.29, 1.82) is 0 Å². The summed E-state index contributed by atoms with van der Waals surface area (Å²) in [5.74, 6) is 0.756. The van der Waals surface area contributed by atoms with Crippen LogP contribution in [-0.2, 0) is 0 Å². The van der Waals surface area contributed by atoms with Gasteiger partial charge in [-0.1, -0.05) is 29.8 Å². The summed E-state index contributed by atoms with van der Waals surface area (Å²) in [4.78, 5) is 0. The van der Waals surface area contributed by atoms with Gasteiger partial charge in [-0.25, -0.2) is 0 Å². The van der Waals surface area contributed by atoms with Crippen molar-refractivity contribution in [3.63, 3.8) is 0 Å². The maximum atomic E-state index is 10.7. The number of benzene rings is 2. The highest BCUT2D eigenvalue weighted by atomic mass is 16.5. The van der Waals surface area contributed by atoms with E-state index in [-0.39, 0.29) is 0 Å². The van der Waals surface area contributed by atoms with Gasteiger partial charge in [-0.15, -0.1) is 0 Å². The first-order valence-electron chi connectivity index (χ1n) is 7.02. The molecule has 20 heavy (non-hydrogen) atoms. The molecule has 106 valence electrons. The van der Waals surface area contributed by atoms with Crippen LogP contribution < -0.4 is 4.74 Å². The molecule has 0 aromatic heterocycles. The summed E-state index contributed by atoms with van der Waals surface area (Å²) in [6.07, 6.45) is -0.656. The molecule has 0 amide bonds. The Morgan fingerprint density at radius 2 is 1.80 bits per heavy atom. The average Bonchev–Trinajstić information content (AvgIpc) is 2.43. The lowest BCUT2D eigenvalue weighted by Gasteiger charge is -2.19. The Balaban J connectivity index is 2.49. The number of rotatable bonds is 4. The first-order valence-corrected chi connectivity index (χ1v) is 7.02. The third kappa shape index (κ3) is 2.86. The molecule has 0 aliphatic heterocycles. The largest absolute Gasteiger partial charge is 0.493 e. The van der Waals surface area contributed by atoms with Gasteiger partial charge in [0, 0.05) is 5.56 Å². The lowest BCUT2D eigenvalue weighted by molar-refractivity contribution is 0.211. The molecular formula is C18H22O2. The fraction of sp³-hybridized carbons (Fsp3) is 0.333. The normalized spacial score (nSPS) is 12.2. The molecule has 2 heteroatoms. The Bertz CT molecular complexity index is 602. The summed E-state index contributed by atoms with van der Waals surface area (Å²) in [5.41, 5.74) is 5.21. The smallest absolute Gasteiger partial charge is 0.125 e. The van der Waals surface area contributed by atoms with E-state index in [1.54, 1.807) is 0 Å². The summed E-state index contributed by atoms with van der Waals surface area (Å²) >= 11 is 0. The zero-order valence-electron chi connectivity index (χ0n) is 12.6. The van der Waals surface area contributed by atoms with Gasteiger partial charge in [0.15, 0.2) is 0 Å². The summed E-state index contributed by atoms with van der Waals surface area (Å²) in [5, 5.41) is 10.7. The molecule has 2 aromatic rings. The van der Waals surface area contributed by atoms with Crippen LogP contribution >= 0.6 is 0 Å². The van der Waals surface area contributed by atoms with Gasteiger partial charge < -0.3 is 9.84 Å². The van der Waals surface area contributed by atoms with E-state index < -0.39 is 6.10 Å². The average molecular weight is 270 g/mol. The summed E-state index contributed by atoms with van der Waals surface area (Å²) in [6.45, 7) is 8.67. The molecule has 1 N–H and O–H groups in total. The van der Waals surface area contributed by atoms with Crippen molar-refractivity contribution >= 4 is 0 Å². The van der Waals surface area contributed by atoms with Crippen LogP contribution in [0.1, 0.15) is 40.8 Å². The molecular weight excluding hydrogens is 248 g/mol. The summed E-state index contributed by atoms with van der Waals surface area (Å²) in [7, 11) is 0. The lowest BCUT2D eigenvalue weighted by Crippen LogP contribution is -2.06. The monoisotopic (exact) mass is 270 g/mol. The zero-order valence-corrected chi connectivity index (χ0v) is 12.6. The molecule has 1 atom stereocenters. The van der Waals surface area contributed by atoms with E-state index in [1.807, 2.05) is 51.1 Å². The number of aryl methyl sites for hydroxylation is 2. The predicted octanol–water partition coefficient (Wildman–Crippen LogP) is 4.09. The topological polar surface area (TPSA) is 29.5 Å². The molecule has 1 unspecified atom stereocenters. The standard InChI is InChI=1S/C18H22O2/c1-5-20-17-10-9-12(2)11-16(17)18(19)15-8-6-7-13(3)14(15)4/h6-11,18-19H,5H2,1-4H3. The highest BCUT2D eigenvalue weighted by molar-refractivity contribution is 5.45. The maximum absolute atomic E-state index is 10.7. The molecule has 0 aliphatic carbocycles. The number of aliphatic hydroxyl groups excluding tert-OH is 1. The third-order valence-electron chi connectivity index (χ3n) is 3.70. The number of ether oxygens (including phenoxy) is 1. The number of aliphatic hydroxyl groups is 1. The van der Waals surface area contributed by atoms with Crippen LogP contribution in [0.5, 0.6) is 5.75 Å². The Morgan fingerprint density at radius 1 is 1.05 bits per heavy atom.